The van der Waals surface area contributed by atoms with Gasteiger partial charge in [-0.2, -0.15) is 0 Å². The highest BCUT2D eigenvalue weighted by molar-refractivity contribution is 6.16. The zero-order valence-corrected chi connectivity index (χ0v) is 11.9. The molecule has 106 valence electrons. The second-order valence-corrected chi connectivity index (χ2v) is 6.51. The van der Waals surface area contributed by atoms with Crippen molar-refractivity contribution in [3.05, 3.63) is 0 Å². The van der Waals surface area contributed by atoms with Crippen molar-refractivity contribution in [2.75, 3.05) is 0 Å². The van der Waals surface area contributed by atoms with Crippen molar-refractivity contribution in [2.24, 2.45) is 11.8 Å². The second kappa shape index (κ2) is 4.94. The molecule has 1 aliphatic heterocycles. The first-order valence-electron chi connectivity index (χ1n) is 7.01. The van der Waals surface area contributed by atoms with E-state index in [2.05, 4.69) is 5.32 Å². The number of urea groups is 1. The van der Waals surface area contributed by atoms with Crippen molar-refractivity contribution >= 4 is 17.8 Å². The largest absolute Gasteiger partial charge is 0.331 e. The Hall–Kier alpha value is -1.39. The Morgan fingerprint density at radius 2 is 1.63 bits per heavy atom. The average molecular weight is 266 g/mol. The molecule has 0 spiro atoms. The van der Waals surface area contributed by atoms with Crippen molar-refractivity contribution in [1.29, 1.82) is 0 Å². The summed E-state index contributed by atoms with van der Waals surface area (Å²) in [4.78, 5) is 37.6. The minimum Gasteiger partial charge on any atom is -0.277 e. The van der Waals surface area contributed by atoms with E-state index in [4.69, 9.17) is 0 Å². The number of hydrogen-bond acceptors (Lipinski definition) is 3. The Morgan fingerprint density at radius 1 is 1.05 bits per heavy atom. The molecule has 1 unspecified atom stereocenters. The zero-order chi connectivity index (χ0) is 14.2. The second-order valence-electron chi connectivity index (χ2n) is 6.51. The molecule has 1 saturated carbocycles. The van der Waals surface area contributed by atoms with Gasteiger partial charge in [-0.1, -0.05) is 19.3 Å². The molecule has 1 heterocycles. The molecule has 2 fully saturated rings. The first-order valence-corrected chi connectivity index (χ1v) is 7.01. The molecule has 1 saturated heterocycles. The fourth-order valence-electron chi connectivity index (χ4n) is 3.11. The smallest absolute Gasteiger partial charge is 0.277 e. The molecular weight excluding hydrogens is 244 g/mol. The molecule has 5 nitrogen and oxygen atoms in total. The molecule has 0 radical (unpaired) electrons. The van der Waals surface area contributed by atoms with Gasteiger partial charge in [0, 0.05) is 5.54 Å². The van der Waals surface area contributed by atoms with Crippen LogP contribution in [0.5, 0.6) is 0 Å². The maximum Gasteiger partial charge on any atom is 0.331 e. The minimum absolute atomic E-state index is 0.0826. The quantitative estimate of drug-likeness (QED) is 0.739. The summed E-state index contributed by atoms with van der Waals surface area (Å²) >= 11 is 0. The molecule has 0 aromatic heterocycles. The molecule has 19 heavy (non-hydrogen) atoms. The van der Waals surface area contributed by atoms with Crippen LogP contribution in [0.15, 0.2) is 0 Å². The standard InChI is InChI=1S/C14H22N2O3/c1-14(2,3)16-12(18)10(11(17)15-13(16)19)9-7-5-4-6-8-9/h9-10H,4-8H2,1-3H3,(H,15,17,19). The SMILES string of the molecule is CC(C)(C)N1C(=O)NC(=O)C(C2CCCCC2)C1=O. The normalized spacial score (nSPS) is 26.6. The summed E-state index contributed by atoms with van der Waals surface area (Å²) in [6, 6.07) is -0.588. The lowest BCUT2D eigenvalue weighted by Crippen LogP contribution is -2.64. The summed E-state index contributed by atoms with van der Waals surface area (Å²) in [6.45, 7) is 5.41. The van der Waals surface area contributed by atoms with Gasteiger partial charge >= 0.3 is 6.03 Å². The minimum atomic E-state index is -0.683. The van der Waals surface area contributed by atoms with Crippen LogP contribution in [0.2, 0.25) is 0 Å². The van der Waals surface area contributed by atoms with Crippen LogP contribution in [0.1, 0.15) is 52.9 Å². The van der Waals surface area contributed by atoms with Crippen LogP contribution >= 0.6 is 0 Å². The van der Waals surface area contributed by atoms with E-state index >= 15 is 0 Å². The van der Waals surface area contributed by atoms with Gasteiger partial charge in [-0.05, 0) is 39.5 Å². The lowest BCUT2D eigenvalue weighted by atomic mass is 9.77. The molecule has 0 aromatic rings. The van der Waals surface area contributed by atoms with Gasteiger partial charge in [0.25, 0.3) is 0 Å². The Labute approximate surface area is 113 Å². The third kappa shape index (κ3) is 2.65. The van der Waals surface area contributed by atoms with Crippen LogP contribution in [0.3, 0.4) is 0 Å². The van der Waals surface area contributed by atoms with Gasteiger partial charge in [0.15, 0.2) is 0 Å². The van der Waals surface area contributed by atoms with Crippen LogP contribution in [0.4, 0.5) is 4.79 Å². The van der Waals surface area contributed by atoms with Crippen molar-refractivity contribution < 1.29 is 14.4 Å². The summed E-state index contributed by atoms with van der Waals surface area (Å²) in [5.74, 6) is -1.34. The predicted octanol–water partition coefficient (Wildman–Crippen LogP) is 2.06. The van der Waals surface area contributed by atoms with E-state index in [0.717, 1.165) is 25.7 Å². The van der Waals surface area contributed by atoms with Crippen LogP contribution < -0.4 is 5.32 Å². The number of carbonyl (C=O) groups excluding carboxylic acids is 3. The van der Waals surface area contributed by atoms with E-state index in [0.29, 0.717) is 0 Å². The van der Waals surface area contributed by atoms with Gasteiger partial charge in [-0.3, -0.25) is 19.8 Å². The highest BCUT2D eigenvalue weighted by Gasteiger charge is 2.48. The van der Waals surface area contributed by atoms with Gasteiger partial charge in [0.2, 0.25) is 11.8 Å². The number of imide groups is 2. The lowest BCUT2D eigenvalue weighted by molar-refractivity contribution is -0.148. The van der Waals surface area contributed by atoms with E-state index in [-0.39, 0.29) is 11.8 Å². The Kier molecular flexibility index (Phi) is 3.65. The number of nitrogens with zero attached hydrogens (tertiary/aromatic N) is 1. The summed E-state index contributed by atoms with van der Waals surface area (Å²) < 4.78 is 0. The highest BCUT2D eigenvalue weighted by Crippen LogP contribution is 2.34. The van der Waals surface area contributed by atoms with Gasteiger partial charge in [-0.25, -0.2) is 4.79 Å². The number of amides is 4. The topological polar surface area (TPSA) is 66.5 Å². The Balaban J connectivity index is 2.25. The molecule has 5 heteroatoms. The molecule has 0 aromatic carbocycles. The number of nitrogens with one attached hydrogen (secondary N) is 1. The molecule has 1 N–H and O–H groups in total. The van der Waals surface area contributed by atoms with Crippen LogP contribution in [-0.4, -0.2) is 28.3 Å². The van der Waals surface area contributed by atoms with Crippen LogP contribution in [0.25, 0.3) is 0 Å². The third-order valence-corrected chi connectivity index (χ3v) is 3.99. The van der Waals surface area contributed by atoms with Gasteiger partial charge in [0.1, 0.15) is 5.92 Å². The van der Waals surface area contributed by atoms with Gasteiger partial charge in [-0.15, -0.1) is 0 Å². The first kappa shape index (κ1) is 14.0. The monoisotopic (exact) mass is 266 g/mol. The van der Waals surface area contributed by atoms with Gasteiger partial charge in [0.05, 0.1) is 0 Å². The number of carbonyl (C=O) groups is 3. The summed E-state index contributed by atoms with van der Waals surface area (Å²) in [5.41, 5.74) is -0.602. The summed E-state index contributed by atoms with van der Waals surface area (Å²) in [6.07, 6.45) is 5.09. The van der Waals surface area contributed by atoms with Crippen molar-refractivity contribution in [2.45, 2.75) is 58.4 Å². The van der Waals surface area contributed by atoms with Crippen molar-refractivity contribution in [3.8, 4) is 0 Å². The molecule has 2 rings (SSSR count). The number of hydrogen-bond donors (Lipinski definition) is 1. The Morgan fingerprint density at radius 3 is 2.16 bits per heavy atom. The molecule has 1 atom stereocenters. The average Bonchev–Trinajstić information content (AvgIpc) is 2.27. The zero-order valence-electron chi connectivity index (χ0n) is 11.9. The van der Waals surface area contributed by atoms with E-state index in [9.17, 15) is 14.4 Å². The Bertz CT molecular complexity index is 405. The highest BCUT2D eigenvalue weighted by atomic mass is 16.2. The molecule has 4 amide bonds. The van der Waals surface area contributed by atoms with Crippen LogP contribution in [0, 0.1) is 11.8 Å². The number of barbiturate groups is 1. The molecular formula is C14H22N2O3. The van der Waals surface area contributed by atoms with E-state index in [1.165, 1.54) is 11.3 Å². The third-order valence-electron chi connectivity index (χ3n) is 3.99. The number of rotatable bonds is 1. The van der Waals surface area contributed by atoms with Crippen LogP contribution in [-0.2, 0) is 9.59 Å². The van der Waals surface area contributed by atoms with E-state index < -0.39 is 23.4 Å². The lowest BCUT2D eigenvalue weighted by Gasteiger charge is -2.41. The maximum atomic E-state index is 12.5. The van der Waals surface area contributed by atoms with Crippen molar-refractivity contribution in [3.63, 3.8) is 0 Å². The van der Waals surface area contributed by atoms with Gasteiger partial charge < -0.3 is 0 Å². The molecule has 2 aliphatic rings. The fraction of sp³-hybridized carbons (Fsp3) is 0.786. The molecule has 0 bridgehead atoms. The summed E-state index contributed by atoms with van der Waals surface area (Å²) in [7, 11) is 0. The van der Waals surface area contributed by atoms with E-state index in [1.807, 2.05) is 0 Å². The van der Waals surface area contributed by atoms with E-state index in [1.54, 1.807) is 20.8 Å². The summed E-state index contributed by atoms with van der Waals surface area (Å²) in [5, 5.41) is 2.34. The van der Waals surface area contributed by atoms with Crippen molar-refractivity contribution in [1.82, 2.24) is 10.2 Å². The maximum absolute atomic E-state index is 12.5. The predicted molar refractivity (Wildman–Crippen MR) is 70.2 cm³/mol. The molecule has 1 aliphatic carbocycles. The first-order chi connectivity index (χ1) is 8.82. The fourth-order valence-corrected chi connectivity index (χ4v) is 3.11.